The van der Waals surface area contributed by atoms with Crippen molar-refractivity contribution >= 4 is 5.97 Å². The van der Waals surface area contributed by atoms with E-state index < -0.39 is 5.97 Å². The summed E-state index contributed by atoms with van der Waals surface area (Å²) in [6.45, 7) is 2.48. The molecule has 0 bridgehead atoms. The van der Waals surface area contributed by atoms with Crippen molar-refractivity contribution in [2.45, 2.75) is 38.3 Å². The van der Waals surface area contributed by atoms with Gasteiger partial charge in [0.2, 0.25) is 0 Å². The number of benzene rings is 1. The number of carboxylic acids is 1. The van der Waals surface area contributed by atoms with E-state index in [1.165, 1.54) is 12.8 Å². The number of rotatable bonds is 6. The Morgan fingerprint density at radius 2 is 2.20 bits per heavy atom. The van der Waals surface area contributed by atoms with Crippen molar-refractivity contribution in [2.24, 2.45) is 0 Å². The molecule has 0 spiro atoms. The van der Waals surface area contributed by atoms with Crippen molar-refractivity contribution < 1.29 is 14.6 Å². The molecule has 0 amide bonds. The Balaban J connectivity index is 1.84. The second kappa shape index (κ2) is 7.41. The van der Waals surface area contributed by atoms with Crippen LogP contribution in [0.15, 0.2) is 24.3 Å². The monoisotopic (exact) mass is 277 g/mol. The van der Waals surface area contributed by atoms with Crippen molar-refractivity contribution in [2.75, 3.05) is 20.2 Å². The van der Waals surface area contributed by atoms with Crippen LogP contribution in [0.4, 0.5) is 0 Å². The first-order valence-corrected chi connectivity index (χ1v) is 7.28. The first-order valence-electron chi connectivity index (χ1n) is 7.28. The van der Waals surface area contributed by atoms with Gasteiger partial charge in [0.15, 0.2) is 0 Å². The molecule has 0 saturated carbocycles. The average molecular weight is 277 g/mol. The molecule has 0 unspecified atom stereocenters. The van der Waals surface area contributed by atoms with Crippen molar-refractivity contribution in [3.63, 3.8) is 0 Å². The molecule has 4 nitrogen and oxygen atoms in total. The van der Waals surface area contributed by atoms with Gasteiger partial charge >= 0.3 is 5.97 Å². The van der Waals surface area contributed by atoms with E-state index in [-0.39, 0.29) is 0 Å². The number of aromatic carboxylic acids is 1. The molecule has 0 aliphatic carbocycles. The Kier molecular flexibility index (Phi) is 5.56. The van der Waals surface area contributed by atoms with Gasteiger partial charge in [-0.25, -0.2) is 4.79 Å². The molecule has 1 aliphatic rings. The van der Waals surface area contributed by atoms with Crippen molar-refractivity contribution in [3.05, 3.63) is 35.4 Å². The largest absolute Gasteiger partial charge is 0.478 e. The van der Waals surface area contributed by atoms with Crippen molar-refractivity contribution in [3.8, 4) is 0 Å². The van der Waals surface area contributed by atoms with Gasteiger partial charge in [-0.3, -0.25) is 0 Å². The van der Waals surface area contributed by atoms with Gasteiger partial charge in [-0.2, -0.15) is 0 Å². The smallest absolute Gasteiger partial charge is 0.336 e. The predicted molar refractivity (Wildman–Crippen MR) is 77.9 cm³/mol. The molecule has 1 aliphatic heterocycles. The van der Waals surface area contributed by atoms with Crippen LogP contribution in [0.3, 0.4) is 0 Å². The Hall–Kier alpha value is -1.39. The molecule has 1 fully saturated rings. The standard InChI is InChI=1S/C16H23NO3/c1-17(10-9-14-7-4-5-11-20-14)12-13-6-2-3-8-15(13)16(18)19/h2-3,6,8,14H,4-5,7,9-12H2,1H3,(H,18,19)/t14-/m1/s1. The Morgan fingerprint density at radius 1 is 1.40 bits per heavy atom. The molecule has 2 rings (SSSR count). The van der Waals surface area contributed by atoms with E-state index in [4.69, 9.17) is 4.74 Å². The van der Waals surface area contributed by atoms with Gasteiger partial charge in [0.1, 0.15) is 0 Å². The molecule has 1 aromatic carbocycles. The van der Waals surface area contributed by atoms with E-state index in [1.54, 1.807) is 12.1 Å². The number of hydrogen-bond donors (Lipinski definition) is 1. The second-order valence-corrected chi connectivity index (χ2v) is 5.48. The zero-order chi connectivity index (χ0) is 14.4. The van der Waals surface area contributed by atoms with Gasteiger partial charge in [-0.05, 0) is 44.4 Å². The zero-order valence-corrected chi connectivity index (χ0v) is 12.0. The topological polar surface area (TPSA) is 49.8 Å². The van der Waals surface area contributed by atoms with Gasteiger partial charge in [-0.1, -0.05) is 18.2 Å². The van der Waals surface area contributed by atoms with E-state index in [0.29, 0.717) is 18.2 Å². The van der Waals surface area contributed by atoms with E-state index >= 15 is 0 Å². The number of hydrogen-bond acceptors (Lipinski definition) is 3. The van der Waals surface area contributed by atoms with Gasteiger partial charge in [0.25, 0.3) is 0 Å². The summed E-state index contributed by atoms with van der Waals surface area (Å²) in [4.78, 5) is 13.3. The normalized spacial score (nSPS) is 19.2. The molecule has 1 saturated heterocycles. The van der Waals surface area contributed by atoms with Crippen LogP contribution in [-0.2, 0) is 11.3 Å². The van der Waals surface area contributed by atoms with Gasteiger partial charge in [0, 0.05) is 19.7 Å². The maximum atomic E-state index is 11.2. The third-order valence-electron chi connectivity index (χ3n) is 3.79. The lowest BCUT2D eigenvalue weighted by atomic mass is 10.1. The molecule has 1 N–H and O–H groups in total. The molecule has 0 aromatic heterocycles. The van der Waals surface area contributed by atoms with E-state index in [9.17, 15) is 9.90 Å². The van der Waals surface area contributed by atoms with E-state index in [0.717, 1.165) is 31.6 Å². The summed E-state index contributed by atoms with van der Waals surface area (Å²) < 4.78 is 5.72. The molecule has 0 radical (unpaired) electrons. The van der Waals surface area contributed by atoms with Gasteiger partial charge < -0.3 is 14.7 Å². The van der Waals surface area contributed by atoms with Crippen LogP contribution < -0.4 is 0 Å². The molecular formula is C16H23NO3. The number of ether oxygens (including phenoxy) is 1. The fourth-order valence-corrected chi connectivity index (χ4v) is 2.64. The summed E-state index contributed by atoms with van der Waals surface area (Å²) >= 11 is 0. The number of carbonyl (C=O) groups is 1. The van der Waals surface area contributed by atoms with Crippen molar-refractivity contribution in [1.82, 2.24) is 4.90 Å². The minimum Gasteiger partial charge on any atom is -0.478 e. The highest BCUT2D eigenvalue weighted by atomic mass is 16.5. The summed E-state index contributed by atoms with van der Waals surface area (Å²) in [5.74, 6) is -0.857. The third-order valence-corrected chi connectivity index (χ3v) is 3.79. The van der Waals surface area contributed by atoms with Crippen LogP contribution >= 0.6 is 0 Å². The predicted octanol–water partition coefficient (Wildman–Crippen LogP) is 2.78. The number of nitrogens with zero attached hydrogens (tertiary/aromatic N) is 1. The fourth-order valence-electron chi connectivity index (χ4n) is 2.64. The Bertz CT molecular complexity index is 441. The minimum absolute atomic E-state index is 0.376. The van der Waals surface area contributed by atoms with Gasteiger partial charge in [0.05, 0.1) is 11.7 Å². The van der Waals surface area contributed by atoms with Gasteiger partial charge in [-0.15, -0.1) is 0 Å². The third kappa shape index (κ3) is 4.32. The van der Waals surface area contributed by atoms with Crippen LogP contribution in [0.2, 0.25) is 0 Å². The molecule has 20 heavy (non-hydrogen) atoms. The average Bonchev–Trinajstić information content (AvgIpc) is 2.46. The lowest BCUT2D eigenvalue weighted by Crippen LogP contribution is -2.27. The molecular weight excluding hydrogens is 254 g/mol. The molecule has 1 heterocycles. The maximum absolute atomic E-state index is 11.2. The highest BCUT2D eigenvalue weighted by molar-refractivity contribution is 5.89. The van der Waals surface area contributed by atoms with Crippen molar-refractivity contribution in [1.29, 1.82) is 0 Å². The van der Waals surface area contributed by atoms with E-state index in [2.05, 4.69) is 4.90 Å². The zero-order valence-electron chi connectivity index (χ0n) is 12.0. The van der Waals surface area contributed by atoms with Crippen LogP contribution in [0.25, 0.3) is 0 Å². The summed E-state index contributed by atoms with van der Waals surface area (Å²) in [6, 6.07) is 7.20. The maximum Gasteiger partial charge on any atom is 0.336 e. The number of carboxylic acid groups (broad SMARTS) is 1. The van der Waals surface area contributed by atoms with Crippen LogP contribution in [0, 0.1) is 0 Å². The second-order valence-electron chi connectivity index (χ2n) is 5.48. The summed E-state index contributed by atoms with van der Waals surface area (Å²) in [7, 11) is 2.03. The highest BCUT2D eigenvalue weighted by Gasteiger charge is 2.15. The summed E-state index contributed by atoms with van der Waals surface area (Å²) in [6.07, 6.45) is 4.99. The van der Waals surface area contributed by atoms with Crippen LogP contribution in [0.1, 0.15) is 41.6 Å². The highest BCUT2D eigenvalue weighted by Crippen LogP contribution is 2.17. The molecule has 4 heteroatoms. The quantitative estimate of drug-likeness (QED) is 0.868. The van der Waals surface area contributed by atoms with Crippen LogP contribution in [-0.4, -0.2) is 42.3 Å². The lowest BCUT2D eigenvalue weighted by molar-refractivity contribution is 0.00638. The Morgan fingerprint density at radius 3 is 2.90 bits per heavy atom. The SMILES string of the molecule is CN(CC[C@H]1CCCCO1)Cc1ccccc1C(=O)O. The Labute approximate surface area is 120 Å². The molecule has 1 aromatic rings. The first kappa shape index (κ1) is 15.0. The minimum atomic E-state index is -0.857. The molecule has 1 atom stereocenters. The van der Waals surface area contributed by atoms with Crippen LogP contribution in [0.5, 0.6) is 0 Å². The summed E-state index contributed by atoms with van der Waals surface area (Å²) in [5, 5.41) is 9.17. The molecule has 110 valence electrons. The fraction of sp³-hybridized carbons (Fsp3) is 0.562. The first-order chi connectivity index (χ1) is 9.66. The lowest BCUT2D eigenvalue weighted by Gasteiger charge is -2.25. The summed E-state index contributed by atoms with van der Waals surface area (Å²) in [5.41, 5.74) is 1.26. The van der Waals surface area contributed by atoms with E-state index in [1.807, 2.05) is 19.2 Å².